The minimum atomic E-state index is 0. The van der Waals surface area contributed by atoms with Crippen LogP contribution in [-0.2, 0) is 22.4 Å². The van der Waals surface area contributed by atoms with E-state index in [0.29, 0.717) is 22.6 Å². The van der Waals surface area contributed by atoms with Crippen molar-refractivity contribution < 1.29 is 22.4 Å². The SMILES string of the molecule is PC(c1ccccc1)c1ccccc1.PC(c1ccccc1)c1ccccc1.PC(c1ccccc1)c1ccccc1.PC(c1ccccc1)c1ccccc1.[Au]. The van der Waals surface area contributed by atoms with Crippen molar-refractivity contribution >= 4 is 37.0 Å². The zero-order chi connectivity index (χ0) is 39.2. The Bertz CT molecular complexity index is 1700. The summed E-state index contributed by atoms with van der Waals surface area (Å²) in [6.45, 7) is 0. The average molecular weight is 998 g/mol. The van der Waals surface area contributed by atoms with Crippen molar-refractivity contribution in [2.24, 2.45) is 0 Å². The van der Waals surface area contributed by atoms with E-state index in [1.165, 1.54) is 44.5 Å². The Morgan fingerprint density at radius 1 is 0.175 bits per heavy atom. The normalized spacial score (nSPS) is 10.2. The van der Waals surface area contributed by atoms with E-state index in [1.54, 1.807) is 0 Å². The second kappa shape index (κ2) is 26.3. The molecule has 5 heteroatoms. The summed E-state index contributed by atoms with van der Waals surface area (Å²) in [5, 5.41) is 0. The van der Waals surface area contributed by atoms with E-state index in [4.69, 9.17) is 0 Å². The van der Waals surface area contributed by atoms with E-state index >= 15 is 0 Å². The van der Waals surface area contributed by atoms with Gasteiger partial charge in [-0.05, 0) is 44.5 Å². The molecule has 8 aromatic carbocycles. The number of hydrogen-bond acceptors (Lipinski definition) is 0. The first kappa shape index (κ1) is 45.9. The van der Waals surface area contributed by atoms with Gasteiger partial charge in [0.25, 0.3) is 0 Å². The fourth-order valence-electron chi connectivity index (χ4n) is 6.05. The molecule has 8 rings (SSSR count). The predicted molar refractivity (Wildman–Crippen MR) is 258 cm³/mol. The summed E-state index contributed by atoms with van der Waals surface area (Å²) in [5.74, 6) is 0. The second-order valence-electron chi connectivity index (χ2n) is 13.2. The Balaban J connectivity index is 0.000000167. The Labute approximate surface area is 366 Å². The molecule has 1 radical (unpaired) electrons. The fourth-order valence-corrected chi connectivity index (χ4v) is 7.83. The molecule has 8 aromatic rings. The van der Waals surface area contributed by atoms with Crippen LogP contribution in [0.25, 0.3) is 0 Å². The molecule has 0 spiro atoms. The standard InChI is InChI=1S/4C13H13P.Au/c4*14-13(11-7-3-1-4-8-11)12-9-5-2-6-10-12;/h4*1-10,13H,14H2;. The molecule has 0 nitrogen and oxygen atoms in total. The van der Waals surface area contributed by atoms with Crippen molar-refractivity contribution in [1.29, 1.82) is 0 Å². The molecule has 0 fully saturated rings. The van der Waals surface area contributed by atoms with Gasteiger partial charge >= 0.3 is 0 Å². The Morgan fingerprint density at radius 2 is 0.263 bits per heavy atom. The minimum Gasteiger partial charge on any atom is -0.125 e. The van der Waals surface area contributed by atoms with Crippen molar-refractivity contribution in [1.82, 2.24) is 0 Å². The maximum atomic E-state index is 2.89. The largest absolute Gasteiger partial charge is 0.125 e. The minimum absolute atomic E-state index is 0. The molecule has 4 atom stereocenters. The third-order valence-electron chi connectivity index (χ3n) is 9.27. The topological polar surface area (TPSA) is 0 Å². The summed E-state index contributed by atoms with van der Waals surface area (Å²) in [5.41, 5.74) is 12.3. The summed E-state index contributed by atoms with van der Waals surface area (Å²) in [6, 6.07) is 84.2. The molecule has 57 heavy (non-hydrogen) atoms. The van der Waals surface area contributed by atoms with E-state index in [1.807, 2.05) is 48.5 Å². The van der Waals surface area contributed by atoms with Crippen LogP contribution in [-0.4, -0.2) is 0 Å². The summed E-state index contributed by atoms with van der Waals surface area (Å²) in [4.78, 5) is 0. The van der Waals surface area contributed by atoms with Gasteiger partial charge in [0.1, 0.15) is 0 Å². The fraction of sp³-hybridized carbons (Fsp3) is 0.0769. The van der Waals surface area contributed by atoms with Gasteiger partial charge in [-0.15, -0.1) is 37.0 Å². The zero-order valence-corrected chi connectivity index (χ0v) is 38.8. The van der Waals surface area contributed by atoms with Gasteiger partial charge in [0.2, 0.25) is 0 Å². The maximum Gasteiger partial charge on any atom is 0.0234 e. The van der Waals surface area contributed by atoms with Crippen LogP contribution in [0.5, 0.6) is 0 Å². The van der Waals surface area contributed by atoms with Crippen LogP contribution in [0, 0.1) is 0 Å². The molecule has 0 aliphatic heterocycles. The monoisotopic (exact) mass is 997 g/mol. The van der Waals surface area contributed by atoms with E-state index < -0.39 is 0 Å². The van der Waals surface area contributed by atoms with Crippen LogP contribution < -0.4 is 0 Å². The van der Waals surface area contributed by atoms with E-state index in [9.17, 15) is 0 Å². The first-order valence-corrected chi connectivity index (χ1v) is 21.6. The quantitative estimate of drug-likeness (QED) is 0.105. The third kappa shape index (κ3) is 15.5. The van der Waals surface area contributed by atoms with Crippen LogP contribution in [0.15, 0.2) is 243 Å². The number of benzene rings is 8. The van der Waals surface area contributed by atoms with E-state index in [-0.39, 0.29) is 22.4 Å². The van der Waals surface area contributed by atoms with Gasteiger partial charge in [-0.3, -0.25) is 0 Å². The molecule has 0 bridgehead atoms. The van der Waals surface area contributed by atoms with Gasteiger partial charge in [0.05, 0.1) is 0 Å². The van der Waals surface area contributed by atoms with Crippen LogP contribution in [0.3, 0.4) is 0 Å². The van der Waals surface area contributed by atoms with Crippen molar-refractivity contribution in [3.63, 3.8) is 0 Å². The van der Waals surface area contributed by atoms with Gasteiger partial charge in [0.15, 0.2) is 0 Å². The van der Waals surface area contributed by atoms with E-state index in [0.717, 1.165) is 0 Å². The van der Waals surface area contributed by atoms with Crippen molar-refractivity contribution in [2.45, 2.75) is 22.6 Å². The summed E-state index contributed by atoms with van der Waals surface area (Å²) in [7, 11) is 11.5. The number of rotatable bonds is 8. The Morgan fingerprint density at radius 3 is 0.351 bits per heavy atom. The zero-order valence-electron chi connectivity index (χ0n) is 32.0. The summed E-state index contributed by atoms with van der Waals surface area (Å²) >= 11 is 0. The van der Waals surface area contributed by atoms with Crippen molar-refractivity contribution in [3.8, 4) is 0 Å². The van der Waals surface area contributed by atoms with Crippen LogP contribution in [0.4, 0.5) is 0 Å². The molecule has 291 valence electrons. The maximum absolute atomic E-state index is 2.89. The first-order valence-electron chi connectivity index (χ1n) is 18.9. The molecule has 0 aliphatic carbocycles. The van der Waals surface area contributed by atoms with Crippen LogP contribution in [0.2, 0.25) is 0 Å². The van der Waals surface area contributed by atoms with Gasteiger partial charge in [-0.25, -0.2) is 0 Å². The average Bonchev–Trinajstić information content (AvgIpc) is 3.31. The first-order chi connectivity index (χ1) is 27.5. The molecule has 0 aliphatic rings. The molecule has 0 amide bonds. The number of hydrogen-bond donors (Lipinski definition) is 0. The summed E-state index contributed by atoms with van der Waals surface area (Å²) < 4.78 is 0. The Kier molecular flexibility index (Phi) is 21.2. The van der Waals surface area contributed by atoms with E-state index in [2.05, 4.69) is 231 Å². The van der Waals surface area contributed by atoms with Gasteiger partial charge in [-0.2, -0.15) is 0 Å². The van der Waals surface area contributed by atoms with Crippen LogP contribution >= 0.6 is 37.0 Å². The third-order valence-corrected chi connectivity index (χ3v) is 12.3. The molecule has 0 saturated carbocycles. The van der Waals surface area contributed by atoms with Gasteiger partial charge in [-0.1, -0.05) is 243 Å². The molecule has 4 unspecified atom stereocenters. The van der Waals surface area contributed by atoms with Crippen molar-refractivity contribution in [3.05, 3.63) is 287 Å². The Hall–Kier alpha value is -3.78. The molecule has 0 heterocycles. The van der Waals surface area contributed by atoms with Gasteiger partial charge < -0.3 is 0 Å². The smallest absolute Gasteiger partial charge is 0.0234 e. The van der Waals surface area contributed by atoms with Gasteiger partial charge in [0, 0.05) is 45.0 Å². The van der Waals surface area contributed by atoms with Crippen LogP contribution in [0.1, 0.15) is 67.1 Å². The summed E-state index contributed by atoms with van der Waals surface area (Å²) in [6.07, 6.45) is 0. The molecular formula is C52H52AuP4. The molecule has 0 aromatic heterocycles. The van der Waals surface area contributed by atoms with Crippen molar-refractivity contribution in [2.75, 3.05) is 0 Å². The molecule has 0 N–H and O–H groups in total. The molecule has 0 saturated heterocycles. The second-order valence-corrected chi connectivity index (χ2v) is 15.9. The predicted octanol–water partition coefficient (Wildman–Crippen LogP) is 14.6. The molecular weight excluding hydrogens is 945 g/mol.